The average molecular weight is 358 g/mol. The zero-order chi connectivity index (χ0) is 15.2. The van der Waals surface area contributed by atoms with Crippen LogP contribution in [-0.2, 0) is 16.1 Å². The molecule has 6 heteroatoms. The van der Waals surface area contributed by atoms with Crippen LogP contribution in [0.1, 0.15) is 50.7 Å². The number of nitrogens with one attached hydrogen (secondary N) is 1. The summed E-state index contributed by atoms with van der Waals surface area (Å²) in [6.45, 7) is 6.16. The van der Waals surface area contributed by atoms with Crippen LogP contribution < -0.4 is 5.32 Å². The molecule has 1 saturated carbocycles. The van der Waals surface area contributed by atoms with Gasteiger partial charge in [0, 0.05) is 20.3 Å². The molecule has 1 aromatic rings. The van der Waals surface area contributed by atoms with Gasteiger partial charge in [0.15, 0.2) is 5.82 Å². The summed E-state index contributed by atoms with van der Waals surface area (Å²) in [5.41, 5.74) is 0.867. The molecule has 1 aliphatic carbocycles. The topological polar surface area (TPSA) is 56.3 Å². The number of hydrogen-bond acceptors (Lipinski definition) is 5. The Morgan fingerprint density at radius 1 is 1.33 bits per heavy atom. The lowest BCUT2D eigenvalue weighted by atomic mass is 10.2. The van der Waals surface area contributed by atoms with Crippen molar-refractivity contribution < 1.29 is 9.47 Å². The van der Waals surface area contributed by atoms with Gasteiger partial charge in [0.1, 0.15) is 11.9 Å². The summed E-state index contributed by atoms with van der Waals surface area (Å²) in [4.78, 5) is 9.35. The van der Waals surface area contributed by atoms with Crippen LogP contribution in [0.2, 0.25) is 0 Å². The van der Waals surface area contributed by atoms with Gasteiger partial charge in [0.2, 0.25) is 0 Å². The van der Waals surface area contributed by atoms with Crippen molar-refractivity contribution in [1.29, 1.82) is 0 Å². The highest BCUT2D eigenvalue weighted by Gasteiger charge is 2.35. The number of methoxy groups -OCH3 is 1. The fraction of sp³-hybridized carbons (Fsp3) is 0.733. The van der Waals surface area contributed by atoms with E-state index >= 15 is 0 Å². The van der Waals surface area contributed by atoms with Crippen LogP contribution in [0.4, 0.5) is 5.82 Å². The van der Waals surface area contributed by atoms with Crippen LogP contribution >= 0.6 is 15.9 Å². The van der Waals surface area contributed by atoms with Crippen LogP contribution in [0.25, 0.3) is 0 Å². The first-order valence-electron chi connectivity index (χ1n) is 7.61. The van der Waals surface area contributed by atoms with E-state index in [0.717, 1.165) is 34.8 Å². The Morgan fingerprint density at radius 2 is 2.10 bits per heavy atom. The van der Waals surface area contributed by atoms with Gasteiger partial charge in [-0.15, -0.1) is 0 Å². The van der Waals surface area contributed by atoms with E-state index in [2.05, 4.69) is 38.1 Å². The quantitative estimate of drug-likeness (QED) is 0.730. The molecular weight excluding hydrogens is 334 g/mol. The maximum absolute atomic E-state index is 5.88. The molecule has 0 amide bonds. The maximum atomic E-state index is 5.88. The van der Waals surface area contributed by atoms with Gasteiger partial charge in [-0.05, 0) is 48.0 Å². The predicted octanol–water partition coefficient (Wildman–Crippen LogP) is 3.70. The Kier molecular flexibility index (Phi) is 6.39. The van der Waals surface area contributed by atoms with Gasteiger partial charge >= 0.3 is 0 Å². The van der Waals surface area contributed by atoms with Gasteiger partial charge < -0.3 is 14.8 Å². The maximum Gasteiger partial charge on any atom is 0.160 e. The first kappa shape index (κ1) is 16.6. The molecule has 1 fully saturated rings. The van der Waals surface area contributed by atoms with Gasteiger partial charge in [-0.25, -0.2) is 9.97 Å². The molecule has 0 saturated heterocycles. The number of halogens is 1. The molecule has 1 N–H and O–H groups in total. The Hall–Kier alpha value is -0.720. The Bertz CT molecular complexity index is 466. The molecule has 21 heavy (non-hydrogen) atoms. The fourth-order valence-electron chi connectivity index (χ4n) is 2.23. The lowest BCUT2D eigenvalue weighted by Crippen LogP contribution is -2.15. The van der Waals surface area contributed by atoms with E-state index in [1.165, 1.54) is 12.8 Å². The van der Waals surface area contributed by atoms with Gasteiger partial charge in [0.05, 0.1) is 16.8 Å². The minimum Gasteiger partial charge on any atom is -0.378 e. The number of aromatic nitrogens is 2. The summed E-state index contributed by atoms with van der Waals surface area (Å²) < 4.78 is 12.0. The normalized spacial score (nSPS) is 16.0. The summed E-state index contributed by atoms with van der Waals surface area (Å²) in [6, 6.07) is 0. The highest BCUT2D eigenvalue weighted by molar-refractivity contribution is 9.10. The molecule has 1 heterocycles. The van der Waals surface area contributed by atoms with Crippen LogP contribution in [0.3, 0.4) is 0 Å². The second-order valence-corrected chi connectivity index (χ2v) is 6.06. The van der Waals surface area contributed by atoms with Crippen molar-refractivity contribution >= 4 is 21.7 Å². The lowest BCUT2D eigenvalue weighted by molar-refractivity contribution is 0.0396. The fourth-order valence-corrected chi connectivity index (χ4v) is 2.66. The van der Waals surface area contributed by atoms with E-state index < -0.39 is 0 Å². The molecule has 0 bridgehead atoms. The summed E-state index contributed by atoms with van der Waals surface area (Å²) in [5, 5.41) is 3.35. The molecule has 1 atom stereocenters. The Morgan fingerprint density at radius 3 is 2.67 bits per heavy atom. The SMILES string of the molecule is CCCNc1nc(C(OCC)C2CC2)nc(COC)c1Br. The minimum atomic E-state index is 0.000817. The molecule has 5 nitrogen and oxygen atoms in total. The second kappa shape index (κ2) is 8.06. The van der Waals surface area contributed by atoms with Gasteiger partial charge in [-0.3, -0.25) is 0 Å². The van der Waals surface area contributed by atoms with Crippen molar-refractivity contribution in [3.63, 3.8) is 0 Å². The number of ether oxygens (including phenoxy) is 2. The molecule has 1 aliphatic rings. The third-order valence-electron chi connectivity index (χ3n) is 3.41. The first-order valence-corrected chi connectivity index (χ1v) is 8.41. The average Bonchev–Trinajstić information content (AvgIpc) is 3.30. The highest BCUT2D eigenvalue weighted by Crippen LogP contribution is 2.43. The third kappa shape index (κ3) is 4.37. The molecule has 2 rings (SSSR count). The predicted molar refractivity (Wildman–Crippen MR) is 86.3 cm³/mol. The second-order valence-electron chi connectivity index (χ2n) is 5.26. The van der Waals surface area contributed by atoms with Crippen LogP contribution in [0.15, 0.2) is 4.47 Å². The summed E-state index contributed by atoms with van der Waals surface area (Å²) in [7, 11) is 1.67. The van der Waals surface area contributed by atoms with E-state index in [-0.39, 0.29) is 6.10 Å². The van der Waals surface area contributed by atoms with Gasteiger partial charge in [-0.2, -0.15) is 0 Å². The van der Waals surface area contributed by atoms with E-state index in [1.54, 1.807) is 7.11 Å². The molecule has 0 aromatic carbocycles. The number of anilines is 1. The van der Waals surface area contributed by atoms with Crippen molar-refractivity contribution in [3.8, 4) is 0 Å². The largest absolute Gasteiger partial charge is 0.378 e. The van der Waals surface area contributed by atoms with Crippen molar-refractivity contribution in [2.45, 2.75) is 45.8 Å². The number of rotatable bonds is 9. The first-order chi connectivity index (χ1) is 10.2. The number of nitrogens with zero attached hydrogens (tertiary/aromatic N) is 2. The van der Waals surface area contributed by atoms with Crippen LogP contribution in [0, 0.1) is 5.92 Å². The molecular formula is C15H24BrN3O2. The molecule has 0 spiro atoms. The Balaban J connectivity index is 2.31. The summed E-state index contributed by atoms with van der Waals surface area (Å²) >= 11 is 3.58. The summed E-state index contributed by atoms with van der Waals surface area (Å²) in [5.74, 6) is 2.16. The minimum absolute atomic E-state index is 0.000817. The van der Waals surface area contributed by atoms with Crippen molar-refractivity contribution in [2.75, 3.05) is 25.6 Å². The monoisotopic (exact) mass is 357 g/mol. The van der Waals surface area contributed by atoms with Gasteiger partial charge in [-0.1, -0.05) is 6.92 Å². The molecule has 1 aromatic heterocycles. The summed E-state index contributed by atoms with van der Waals surface area (Å²) in [6.07, 6.45) is 3.44. The van der Waals surface area contributed by atoms with E-state index in [4.69, 9.17) is 9.47 Å². The smallest absolute Gasteiger partial charge is 0.160 e. The van der Waals surface area contributed by atoms with Gasteiger partial charge in [0.25, 0.3) is 0 Å². The van der Waals surface area contributed by atoms with Crippen LogP contribution in [-0.4, -0.2) is 30.2 Å². The zero-order valence-corrected chi connectivity index (χ0v) is 14.6. The van der Waals surface area contributed by atoms with E-state index in [0.29, 0.717) is 19.1 Å². The molecule has 118 valence electrons. The third-order valence-corrected chi connectivity index (χ3v) is 4.24. The Labute approximate surface area is 135 Å². The molecule has 0 radical (unpaired) electrons. The zero-order valence-electron chi connectivity index (χ0n) is 13.0. The van der Waals surface area contributed by atoms with Crippen molar-refractivity contribution in [1.82, 2.24) is 9.97 Å². The van der Waals surface area contributed by atoms with E-state index in [1.807, 2.05) is 6.92 Å². The van der Waals surface area contributed by atoms with Crippen LogP contribution in [0.5, 0.6) is 0 Å². The number of hydrogen-bond donors (Lipinski definition) is 1. The molecule has 0 aliphatic heterocycles. The standard InChI is InChI=1S/C15H24BrN3O2/c1-4-8-17-14-12(16)11(9-20-3)18-15(19-14)13(21-5-2)10-6-7-10/h10,13H,4-9H2,1-3H3,(H,17,18,19). The van der Waals surface area contributed by atoms with Crippen molar-refractivity contribution in [3.05, 3.63) is 16.0 Å². The highest BCUT2D eigenvalue weighted by atomic mass is 79.9. The van der Waals surface area contributed by atoms with E-state index in [9.17, 15) is 0 Å². The lowest BCUT2D eigenvalue weighted by Gasteiger charge is -2.18. The van der Waals surface area contributed by atoms with Crippen molar-refractivity contribution in [2.24, 2.45) is 5.92 Å². The molecule has 1 unspecified atom stereocenters.